The molecule has 2 fully saturated rings. The number of amides is 1. The highest BCUT2D eigenvalue weighted by atomic mass is 16.5. The summed E-state index contributed by atoms with van der Waals surface area (Å²) in [6.45, 7) is 9.25. The molecule has 0 aliphatic carbocycles. The Kier molecular flexibility index (Phi) is 5.25. The minimum absolute atomic E-state index is 0.235. The van der Waals surface area contributed by atoms with Crippen molar-refractivity contribution in [2.75, 3.05) is 39.9 Å². The molecule has 2 aliphatic heterocycles. The second kappa shape index (κ2) is 7.23. The zero-order chi connectivity index (χ0) is 17.2. The lowest BCUT2D eigenvalue weighted by atomic mass is 9.73. The van der Waals surface area contributed by atoms with E-state index in [4.69, 9.17) is 9.26 Å². The van der Waals surface area contributed by atoms with E-state index in [1.54, 1.807) is 7.11 Å². The molecule has 134 valence electrons. The second-order valence-corrected chi connectivity index (χ2v) is 7.43. The molecule has 2 aliphatic rings. The minimum atomic E-state index is 0.235. The number of aromatic nitrogens is 1. The van der Waals surface area contributed by atoms with Gasteiger partial charge in [0.05, 0.1) is 12.3 Å². The highest BCUT2D eigenvalue weighted by molar-refractivity contribution is 5.77. The summed E-state index contributed by atoms with van der Waals surface area (Å²) in [5.41, 5.74) is 2.45. The molecule has 0 aromatic carbocycles. The lowest BCUT2D eigenvalue weighted by molar-refractivity contribution is -0.140. The van der Waals surface area contributed by atoms with Crippen LogP contribution < -0.4 is 0 Å². The molecule has 3 rings (SSSR count). The summed E-state index contributed by atoms with van der Waals surface area (Å²) in [5.74, 6) is 1.20. The maximum atomic E-state index is 12.2. The molecule has 1 unspecified atom stereocenters. The number of rotatable bonds is 5. The summed E-state index contributed by atoms with van der Waals surface area (Å²) >= 11 is 0. The van der Waals surface area contributed by atoms with Gasteiger partial charge >= 0.3 is 0 Å². The van der Waals surface area contributed by atoms with Crippen LogP contribution in [0.15, 0.2) is 4.52 Å². The SMILES string of the molecule is COCCN1CC2(CCCN(Cc3c(C)noc3C)C2)CCC1=O. The quantitative estimate of drug-likeness (QED) is 0.825. The van der Waals surface area contributed by atoms with E-state index in [1.807, 2.05) is 18.7 Å². The van der Waals surface area contributed by atoms with E-state index < -0.39 is 0 Å². The van der Waals surface area contributed by atoms with Gasteiger partial charge in [-0.1, -0.05) is 5.16 Å². The summed E-state index contributed by atoms with van der Waals surface area (Å²) in [6.07, 6.45) is 4.08. The smallest absolute Gasteiger partial charge is 0.222 e. The van der Waals surface area contributed by atoms with Gasteiger partial charge in [-0.3, -0.25) is 9.69 Å². The van der Waals surface area contributed by atoms with E-state index in [2.05, 4.69) is 10.1 Å². The van der Waals surface area contributed by atoms with Crippen LogP contribution in [-0.2, 0) is 16.1 Å². The third-order valence-corrected chi connectivity index (χ3v) is 5.62. The lowest BCUT2D eigenvalue weighted by Gasteiger charge is -2.48. The van der Waals surface area contributed by atoms with Gasteiger partial charge in [0.15, 0.2) is 0 Å². The van der Waals surface area contributed by atoms with E-state index in [0.29, 0.717) is 19.6 Å². The average molecular weight is 335 g/mol. The first kappa shape index (κ1) is 17.4. The van der Waals surface area contributed by atoms with Crippen LogP contribution in [0.4, 0.5) is 0 Å². The normalized spacial score (nSPS) is 25.6. The van der Waals surface area contributed by atoms with Crippen molar-refractivity contribution in [3.8, 4) is 0 Å². The standard InChI is InChI=1S/C18H29N3O3/c1-14-16(15(2)24-19-14)11-20-8-4-6-18(12-20)7-5-17(22)21(13-18)9-10-23-3/h4-13H2,1-3H3. The number of carbonyl (C=O) groups is 1. The van der Waals surface area contributed by atoms with E-state index >= 15 is 0 Å². The second-order valence-electron chi connectivity index (χ2n) is 7.43. The van der Waals surface area contributed by atoms with Crippen molar-refractivity contribution < 1.29 is 14.1 Å². The monoisotopic (exact) mass is 335 g/mol. The molecule has 0 bridgehead atoms. The molecule has 3 heterocycles. The average Bonchev–Trinajstić information content (AvgIpc) is 2.88. The van der Waals surface area contributed by atoms with Gasteiger partial charge in [-0.15, -0.1) is 0 Å². The summed E-state index contributed by atoms with van der Waals surface area (Å²) in [7, 11) is 1.69. The van der Waals surface area contributed by atoms with Crippen molar-refractivity contribution in [1.82, 2.24) is 15.0 Å². The van der Waals surface area contributed by atoms with Gasteiger partial charge in [-0.2, -0.15) is 0 Å². The largest absolute Gasteiger partial charge is 0.383 e. The predicted octanol–water partition coefficient (Wildman–Crippen LogP) is 2.14. The van der Waals surface area contributed by atoms with Crippen molar-refractivity contribution in [3.63, 3.8) is 0 Å². The molecule has 24 heavy (non-hydrogen) atoms. The number of aryl methyl sites for hydroxylation is 2. The zero-order valence-electron chi connectivity index (χ0n) is 15.1. The Hall–Kier alpha value is -1.40. The number of carbonyl (C=O) groups excluding carboxylic acids is 1. The molecule has 0 N–H and O–H groups in total. The van der Waals surface area contributed by atoms with E-state index in [1.165, 1.54) is 18.4 Å². The number of hydrogen-bond acceptors (Lipinski definition) is 5. The summed E-state index contributed by atoms with van der Waals surface area (Å²) in [6, 6.07) is 0. The molecular formula is C18H29N3O3. The Morgan fingerprint density at radius 2 is 2.12 bits per heavy atom. The maximum Gasteiger partial charge on any atom is 0.222 e. The van der Waals surface area contributed by atoms with Crippen LogP contribution in [0.3, 0.4) is 0 Å². The molecule has 1 spiro atoms. The number of piperidine rings is 2. The minimum Gasteiger partial charge on any atom is -0.383 e. The molecule has 1 aromatic heterocycles. The fourth-order valence-electron chi connectivity index (χ4n) is 4.24. The van der Waals surface area contributed by atoms with Crippen LogP contribution in [-0.4, -0.2) is 60.8 Å². The van der Waals surface area contributed by atoms with Crippen LogP contribution in [0.2, 0.25) is 0 Å². The van der Waals surface area contributed by atoms with Crippen molar-refractivity contribution in [2.24, 2.45) is 5.41 Å². The van der Waals surface area contributed by atoms with Gasteiger partial charge in [0, 0.05) is 50.7 Å². The van der Waals surface area contributed by atoms with Gasteiger partial charge < -0.3 is 14.2 Å². The van der Waals surface area contributed by atoms with E-state index in [0.717, 1.165) is 44.1 Å². The fraction of sp³-hybridized carbons (Fsp3) is 0.778. The van der Waals surface area contributed by atoms with Gasteiger partial charge in [0.1, 0.15) is 5.76 Å². The number of ether oxygens (including phenoxy) is 1. The van der Waals surface area contributed by atoms with Crippen LogP contribution in [0.25, 0.3) is 0 Å². The van der Waals surface area contributed by atoms with Crippen molar-refractivity contribution in [2.45, 2.75) is 46.1 Å². The van der Waals surface area contributed by atoms with Crippen molar-refractivity contribution in [1.29, 1.82) is 0 Å². The van der Waals surface area contributed by atoms with Crippen molar-refractivity contribution in [3.05, 3.63) is 17.0 Å². The highest BCUT2D eigenvalue weighted by Gasteiger charge is 2.41. The molecule has 1 atom stereocenters. The number of likely N-dealkylation sites (tertiary alicyclic amines) is 2. The zero-order valence-corrected chi connectivity index (χ0v) is 15.1. The molecule has 6 nitrogen and oxygen atoms in total. The molecular weight excluding hydrogens is 306 g/mol. The Balaban J connectivity index is 1.67. The molecule has 0 radical (unpaired) electrons. The van der Waals surface area contributed by atoms with Crippen molar-refractivity contribution >= 4 is 5.91 Å². The number of methoxy groups -OCH3 is 1. The first-order chi connectivity index (χ1) is 11.5. The van der Waals surface area contributed by atoms with Gasteiger partial charge in [-0.25, -0.2) is 0 Å². The first-order valence-electron chi connectivity index (χ1n) is 8.94. The van der Waals surface area contributed by atoms with E-state index in [-0.39, 0.29) is 11.3 Å². The maximum absolute atomic E-state index is 12.2. The van der Waals surface area contributed by atoms with E-state index in [9.17, 15) is 4.79 Å². The Morgan fingerprint density at radius 1 is 1.29 bits per heavy atom. The molecule has 1 amide bonds. The molecule has 2 saturated heterocycles. The Morgan fingerprint density at radius 3 is 2.83 bits per heavy atom. The predicted molar refractivity (Wildman–Crippen MR) is 90.6 cm³/mol. The Bertz CT molecular complexity index is 567. The van der Waals surface area contributed by atoms with Crippen LogP contribution >= 0.6 is 0 Å². The topological polar surface area (TPSA) is 58.8 Å². The summed E-state index contributed by atoms with van der Waals surface area (Å²) in [4.78, 5) is 16.7. The summed E-state index contributed by atoms with van der Waals surface area (Å²) < 4.78 is 10.5. The van der Waals surface area contributed by atoms with Crippen LogP contribution in [0, 0.1) is 19.3 Å². The number of hydrogen-bond donors (Lipinski definition) is 0. The van der Waals surface area contributed by atoms with Crippen LogP contribution in [0.1, 0.15) is 42.7 Å². The summed E-state index contributed by atoms with van der Waals surface area (Å²) in [5, 5.41) is 4.07. The Labute approximate surface area is 144 Å². The third kappa shape index (κ3) is 3.64. The van der Waals surface area contributed by atoms with Gasteiger partial charge in [-0.05, 0) is 39.7 Å². The highest BCUT2D eigenvalue weighted by Crippen LogP contribution is 2.39. The molecule has 6 heteroatoms. The van der Waals surface area contributed by atoms with Gasteiger partial charge in [0.2, 0.25) is 5.91 Å². The molecule has 0 saturated carbocycles. The van der Waals surface area contributed by atoms with Crippen LogP contribution in [0.5, 0.6) is 0 Å². The number of nitrogens with zero attached hydrogens (tertiary/aromatic N) is 3. The first-order valence-corrected chi connectivity index (χ1v) is 8.94. The van der Waals surface area contributed by atoms with Gasteiger partial charge in [0.25, 0.3) is 0 Å². The lowest BCUT2D eigenvalue weighted by Crippen LogP contribution is -2.54. The fourth-order valence-corrected chi connectivity index (χ4v) is 4.24. The molecule has 1 aromatic rings. The third-order valence-electron chi connectivity index (χ3n) is 5.62.